The molecule has 0 N–H and O–H groups in total. The second-order valence-electron chi connectivity index (χ2n) is 12.8. The van der Waals surface area contributed by atoms with E-state index in [4.69, 9.17) is 19.4 Å². The van der Waals surface area contributed by atoms with E-state index in [2.05, 4.69) is 102 Å². The summed E-state index contributed by atoms with van der Waals surface area (Å²) < 4.78 is 11.6. The molecule has 0 saturated carbocycles. The molecule has 11 rings (SSSR count). The van der Waals surface area contributed by atoms with Crippen molar-refractivity contribution in [2.24, 2.45) is 0 Å². The van der Waals surface area contributed by atoms with Crippen molar-refractivity contribution < 1.29 is 4.42 Å². The van der Waals surface area contributed by atoms with Gasteiger partial charge in [0.1, 0.15) is 11.2 Å². The lowest BCUT2D eigenvalue weighted by Gasteiger charge is -2.09. The Kier molecular flexibility index (Phi) is 6.05. The molecule has 238 valence electrons. The van der Waals surface area contributed by atoms with Crippen molar-refractivity contribution >= 4 is 75.3 Å². The molecule has 5 nitrogen and oxygen atoms in total. The van der Waals surface area contributed by atoms with Crippen LogP contribution in [0.1, 0.15) is 0 Å². The Bertz CT molecular complexity index is 3030. The quantitative estimate of drug-likeness (QED) is 0.187. The standard InChI is InChI=1S/C45H26N4OS/c1-3-12-27(13-4-1)43-46-44(28-14-5-2-6-15-28)48-45(47-43)29-22-24-38-33(26-29)41-39(51-38)25-23-32-40-36(20-11-21-37(40)50-42(32)41)49-34-18-9-7-16-30(34)31-17-8-10-19-35(31)49/h1-26H. The van der Waals surface area contributed by atoms with Crippen LogP contribution in [0.15, 0.2) is 162 Å². The number of thiophene rings is 1. The predicted molar refractivity (Wildman–Crippen MR) is 211 cm³/mol. The van der Waals surface area contributed by atoms with Gasteiger partial charge in [0.25, 0.3) is 0 Å². The van der Waals surface area contributed by atoms with E-state index in [9.17, 15) is 0 Å². The minimum absolute atomic E-state index is 0.634. The lowest BCUT2D eigenvalue weighted by molar-refractivity contribution is 0.673. The van der Waals surface area contributed by atoms with Crippen molar-refractivity contribution in [2.45, 2.75) is 0 Å². The third kappa shape index (κ3) is 4.30. The van der Waals surface area contributed by atoms with Crippen LogP contribution in [0.5, 0.6) is 0 Å². The van der Waals surface area contributed by atoms with Crippen LogP contribution in [-0.4, -0.2) is 19.5 Å². The molecule has 0 amide bonds. The normalized spacial score (nSPS) is 11.9. The van der Waals surface area contributed by atoms with Crippen LogP contribution < -0.4 is 0 Å². The van der Waals surface area contributed by atoms with Crippen molar-refractivity contribution in [3.8, 4) is 39.9 Å². The van der Waals surface area contributed by atoms with Crippen molar-refractivity contribution in [3.63, 3.8) is 0 Å². The van der Waals surface area contributed by atoms with E-state index in [1.807, 2.05) is 60.7 Å². The number of aromatic nitrogens is 4. The summed E-state index contributed by atoms with van der Waals surface area (Å²) >= 11 is 1.78. The Hall–Kier alpha value is -6.63. The highest BCUT2D eigenvalue weighted by molar-refractivity contribution is 7.26. The van der Waals surface area contributed by atoms with Crippen molar-refractivity contribution in [2.75, 3.05) is 0 Å². The van der Waals surface area contributed by atoms with E-state index in [0.717, 1.165) is 55.1 Å². The highest BCUT2D eigenvalue weighted by Gasteiger charge is 2.21. The van der Waals surface area contributed by atoms with Gasteiger partial charge in [-0.1, -0.05) is 103 Å². The first-order valence-corrected chi connectivity index (χ1v) is 17.8. The molecular formula is C45H26N4OS. The van der Waals surface area contributed by atoms with E-state index in [1.165, 1.54) is 31.2 Å². The molecule has 0 saturated heterocycles. The molecule has 6 heteroatoms. The van der Waals surface area contributed by atoms with Gasteiger partial charge in [0.05, 0.1) is 22.1 Å². The summed E-state index contributed by atoms with van der Waals surface area (Å²) in [5.74, 6) is 1.92. The molecular weight excluding hydrogens is 645 g/mol. The Morgan fingerprint density at radius 2 is 1.02 bits per heavy atom. The molecule has 0 aliphatic rings. The molecule has 0 aliphatic heterocycles. The molecule has 0 atom stereocenters. The fourth-order valence-electron chi connectivity index (χ4n) is 7.57. The number of hydrogen-bond acceptors (Lipinski definition) is 5. The van der Waals surface area contributed by atoms with Gasteiger partial charge < -0.3 is 8.98 Å². The lowest BCUT2D eigenvalue weighted by Crippen LogP contribution is -2.00. The predicted octanol–water partition coefficient (Wildman–Crippen LogP) is 12.2. The third-order valence-corrected chi connectivity index (χ3v) is 11.0. The van der Waals surface area contributed by atoms with Crippen molar-refractivity contribution in [1.82, 2.24) is 19.5 Å². The Balaban J connectivity index is 1.15. The van der Waals surface area contributed by atoms with Gasteiger partial charge in [0, 0.05) is 53.0 Å². The van der Waals surface area contributed by atoms with Crippen LogP contribution in [0.4, 0.5) is 0 Å². The van der Waals surface area contributed by atoms with Gasteiger partial charge in [0.15, 0.2) is 17.5 Å². The summed E-state index contributed by atoms with van der Waals surface area (Å²) in [7, 11) is 0. The second kappa shape index (κ2) is 10.9. The van der Waals surface area contributed by atoms with E-state index in [0.29, 0.717) is 17.5 Å². The number of hydrogen-bond donors (Lipinski definition) is 0. The number of para-hydroxylation sites is 2. The van der Waals surface area contributed by atoms with Crippen molar-refractivity contribution in [3.05, 3.63) is 158 Å². The first-order chi connectivity index (χ1) is 25.3. The zero-order valence-corrected chi connectivity index (χ0v) is 27.9. The summed E-state index contributed by atoms with van der Waals surface area (Å²) in [5, 5.41) is 6.91. The number of fused-ring (bicyclic) bond motifs is 10. The Morgan fingerprint density at radius 3 is 1.69 bits per heavy atom. The summed E-state index contributed by atoms with van der Waals surface area (Å²) in [6.07, 6.45) is 0. The highest BCUT2D eigenvalue weighted by atomic mass is 32.1. The molecule has 0 fully saturated rings. The third-order valence-electron chi connectivity index (χ3n) is 9.85. The van der Waals surface area contributed by atoms with Crippen LogP contribution in [0.2, 0.25) is 0 Å². The minimum atomic E-state index is 0.634. The highest BCUT2D eigenvalue weighted by Crippen LogP contribution is 2.45. The summed E-state index contributed by atoms with van der Waals surface area (Å²) in [6.45, 7) is 0. The fourth-order valence-corrected chi connectivity index (χ4v) is 8.66. The molecule has 0 unspecified atom stereocenters. The summed E-state index contributed by atoms with van der Waals surface area (Å²) in [5.41, 5.74) is 8.04. The average Bonchev–Trinajstić information content (AvgIpc) is 3.87. The number of nitrogens with zero attached hydrogens (tertiary/aromatic N) is 4. The molecule has 0 radical (unpaired) electrons. The number of furan rings is 1. The Labute approximate surface area is 295 Å². The van der Waals surface area contributed by atoms with E-state index in [1.54, 1.807) is 11.3 Å². The van der Waals surface area contributed by atoms with Crippen LogP contribution in [-0.2, 0) is 0 Å². The smallest absolute Gasteiger partial charge is 0.164 e. The van der Waals surface area contributed by atoms with E-state index >= 15 is 0 Å². The van der Waals surface area contributed by atoms with Crippen LogP contribution >= 0.6 is 11.3 Å². The monoisotopic (exact) mass is 670 g/mol. The summed E-state index contributed by atoms with van der Waals surface area (Å²) in [6, 6.07) is 54.8. The SMILES string of the molecule is c1ccc(-c2nc(-c3ccccc3)nc(-c3ccc4sc5ccc6c(oc7cccc(-n8c9ccccc9c9ccccc98)c76)c5c4c3)n2)cc1. The van der Waals surface area contributed by atoms with Gasteiger partial charge >= 0.3 is 0 Å². The first kappa shape index (κ1) is 28.2. The topological polar surface area (TPSA) is 56.7 Å². The molecule has 0 bridgehead atoms. The number of benzene rings is 7. The van der Waals surface area contributed by atoms with Crippen LogP contribution in [0, 0.1) is 0 Å². The minimum Gasteiger partial charge on any atom is -0.455 e. The maximum absolute atomic E-state index is 6.85. The Morgan fingerprint density at radius 1 is 0.431 bits per heavy atom. The molecule has 4 aromatic heterocycles. The summed E-state index contributed by atoms with van der Waals surface area (Å²) in [4.78, 5) is 14.9. The number of rotatable bonds is 4. The molecule has 11 aromatic rings. The van der Waals surface area contributed by atoms with Crippen molar-refractivity contribution in [1.29, 1.82) is 0 Å². The maximum atomic E-state index is 6.85. The lowest BCUT2D eigenvalue weighted by atomic mass is 10.0. The fraction of sp³-hybridized carbons (Fsp3) is 0. The molecule has 4 heterocycles. The van der Waals surface area contributed by atoms with Gasteiger partial charge in [-0.2, -0.15) is 0 Å². The van der Waals surface area contributed by atoms with E-state index in [-0.39, 0.29) is 0 Å². The first-order valence-electron chi connectivity index (χ1n) is 16.9. The van der Waals surface area contributed by atoms with E-state index < -0.39 is 0 Å². The van der Waals surface area contributed by atoms with Gasteiger partial charge in [-0.25, -0.2) is 15.0 Å². The van der Waals surface area contributed by atoms with Crippen LogP contribution in [0.3, 0.4) is 0 Å². The second-order valence-corrected chi connectivity index (χ2v) is 13.9. The van der Waals surface area contributed by atoms with Crippen LogP contribution in [0.25, 0.3) is 104 Å². The van der Waals surface area contributed by atoms with Gasteiger partial charge in [0.2, 0.25) is 0 Å². The van der Waals surface area contributed by atoms with Gasteiger partial charge in [-0.15, -0.1) is 11.3 Å². The molecule has 0 spiro atoms. The van der Waals surface area contributed by atoms with Gasteiger partial charge in [-0.3, -0.25) is 0 Å². The molecule has 7 aromatic carbocycles. The zero-order valence-electron chi connectivity index (χ0n) is 27.1. The largest absolute Gasteiger partial charge is 0.455 e. The van der Waals surface area contributed by atoms with Gasteiger partial charge in [-0.05, 0) is 54.6 Å². The molecule has 0 aliphatic carbocycles. The molecule has 51 heavy (non-hydrogen) atoms. The zero-order chi connectivity index (χ0) is 33.5. The maximum Gasteiger partial charge on any atom is 0.164 e. The average molecular weight is 671 g/mol.